The Bertz CT molecular complexity index is 263. The molecule has 0 aliphatic carbocycles. The van der Waals surface area contributed by atoms with E-state index in [2.05, 4.69) is 15.5 Å². The van der Waals surface area contributed by atoms with Crippen LogP contribution in [0.2, 0.25) is 0 Å². The number of carboxylic acids is 1. The number of nitrogens with zero attached hydrogens (tertiary/aromatic N) is 2. The highest BCUT2D eigenvalue weighted by molar-refractivity contribution is 5.66. The lowest BCUT2D eigenvalue weighted by molar-refractivity contribution is -0.136. The van der Waals surface area contributed by atoms with Gasteiger partial charge in [0.05, 0.1) is 12.1 Å². The number of aromatic nitrogens is 2. The molecule has 0 saturated carbocycles. The van der Waals surface area contributed by atoms with Crippen molar-refractivity contribution in [2.45, 2.75) is 13.0 Å². The van der Waals surface area contributed by atoms with Crippen molar-refractivity contribution < 1.29 is 9.90 Å². The largest absolute Gasteiger partial charge is 0.481 e. The highest BCUT2D eigenvalue weighted by Gasteiger charge is 1.96. The molecule has 0 saturated heterocycles. The summed E-state index contributed by atoms with van der Waals surface area (Å²) >= 11 is 0. The van der Waals surface area contributed by atoms with Gasteiger partial charge in [-0.25, -0.2) is 0 Å². The van der Waals surface area contributed by atoms with Gasteiger partial charge in [-0.2, -0.15) is 10.2 Å². The van der Waals surface area contributed by atoms with Crippen LogP contribution in [0.4, 0.5) is 0 Å². The van der Waals surface area contributed by atoms with Crippen molar-refractivity contribution in [2.24, 2.45) is 0 Å². The fraction of sp³-hybridized carbons (Fsp3) is 0.375. The van der Waals surface area contributed by atoms with E-state index in [1.807, 2.05) is 6.07 Å². The highest BCUT2D eigenvalue weighted by atomic mass is 16.4. The number of carboxylic acid groups (broad SMARTS) is 1. The third kappa shape index (κ3) is 4.17. The topological polar surface area (TPSA) is 75.1 Å². The Morgan fingerprint density at radius 2 is 2.46 bits per heavy atom. The van der Waals surface area contributed by atoms with E-state index in [9.17, 15) is 4.79 Å². The second-order valence-corrected chi connectivity index (χ2v) is 2.54. The number of rotatable bonds is 5. The highest BCUT2D eigenvalue weighted by Crippen LogP contribution is 1.89. The second kappa shape index (κ2) is 5.21. The number of hydrogen-bond acceptors (Lipinski definition) is 4. The monoisotopic (exact) mass is 181 g/mol. The van der Waals surface area contributed by atoms with Gasteiger partial charge >= 0.3 is 5.97 Å². The molecule has 0 unspecified atom stereocenters. The Hall–Kier alpha value is -1.49. The van der Waals surface area contributed by atoms with Gasteiger partial charge in [0.2, 0.25) is 0 Å². The van der Waals surface area contributed by atoms with E-state index >= 15 is 0 Å². The average Bonchev–Trinajstić information content (AvgIpc) is 2.14. The predicted octanol–water partition coefficient (Wildman–Crippen LogP) is 0.0409. The number of carbonyl (C=O) groups is 1. The van der Waals surface area contributed by atoms with Crippen LogP contribution in [0.1, 0.15) is 12.1 Å². The van der Waals surface area contributed by atoms with E-state index in [0.29, 0.717) is 13.1 Å². The molecule has 1 aromatic heterocycles. The standard InChI is InChI=1S/C8H11N3O2/c12-8(13)3-5-9-6-7-2-1-4-10-11-7/h1-2,4,9H,3,5-6H2,(H,12,13). The number of aliphatic carboxylic acids is 1. The molecule has 2 N–H and O–H groups in total. The normalized spacial score (nSPS) is 9.85. The molecule has 0 spiro atoms. The first-order valence-electron chi connectivity index (χ1n) is 3.98. The SMILES string of the molecule is O=C(O)CCNCc1cccnn1. The third-order valence-electron chi connectivity index (χ3n) is 1.45. The summed E-state index contributed by atoms with van der Waals surface area (Å²) in [5.74, 6) is -0.799. The fourth-order valence-electron chi connectivity index (χ4n) is 0.839. The minimum atomic E-state index is -0.799. The number of nitrogens with one attached hydrogen (secondary N) is 1. The summed E-state index contributed by atoms with van der Waals surface area (Å²) in [6.45, 7) is 1.01. The lowest BCUT2D eigenvalue weighted by atomic mass is 10.3. The van der Waals surface area contributed by atoms with Gasteiger partial charge in [0.15, 0.2) is 0 Å². The smallest absolute Gasteiger partial charge is 0.304 e. The Morgan fingerprint density at radius 3 is 3.08 bits per heavy atom. The molecule has 1 heterocycles. The molecule has 13 heavy (non-hydrogen) atoms. The Morgan fingerprint density at radius 1 is 1.62 bits per heavy atom. The molecule has 1 rings (SSSR count). The summed E-state index contributed by atoms with van der Waals surface area (Å²) in [6, 6.07) is 3.63. The predicted molar refractivity (Wildman–Crippen MR) is 46.0 cm³/mol. The van der Waals surface area contributed by atoms with Gasteiger partial charge in [-0.1, -0.05) is 0 Å². The lowest BCUT2D eigenvalue weighted by Crippen LogP contribution is -2.18. The van der Waals surface area contributed by atoms with Crippen molar-refractivity contribution in [3.8, 4) is 0 Å². The van der Waals surface area contributed by atoms with Crippen LogP contribution in [0, 0.1) is 0 Å². The van der Waals surface area contributed by atoms with Crippen molar-refractivity contribution in [3.05, 3.63) is 24.0 Å². The Kier molecular flexibility index (Phi) is 3.84. The van der Waals surface area contributed by atoms with E-state index < -0.39 is 5.97 Å². The van der Waals surface area contributed by atoms with Crippen molar-refractivity contribution in [1.82, 2.24) is 15.5 Å². The minimum Gasteiger partial charge on any atom is -0.481 e. The molecule has 0 atom stereocenters. The van der Waals surface area contributed by atoms with E-state index in [4.69, 9.17) is 5.11 Å². The summed E-state index contributed by atoms with van der Waals surface area (Å²) < 4.78 is 0. The van der Waals surface area contributed by atoms with Crippen molar-refractivity contribution in [3.63, 3.8) is 0 Å². The van der Waals surface area contributed by atoms with Crippen LogP contribution in [-0.4, -0.2) is 27.8 Å². The van der Waals surface area contributed by atoms with Gasteiger partial charge in [0, 0.05) is 19.3 Å². The lowest BCUT2D eigenvalue weighted by Gasteiger charge is -2.00. The van der Waals surface area contributed by atoms with Crippen molar-refractivity contribution in [1.29, 1.82) is 0 Å². The van der Waals surface area contributed by atoms with Crippen LogP contribution in [0.25, 0.3) is 0 Å². The molecule has 70 valence electrons. The molecule has 1 aromatic rings. The molecular weight excluding hydrogens is 170 g/mol. The quantitative estimate of drug-likeness (QED) is 0.627. The Balaban J connectivity index is 2.17. The van der Waals surface area contributed by atoms with Crippen LogP contribution in [-0.2, 0) is 11.3 Å². The van der Waals surface area contributed by atoms with E-state index in [1.165, 1.54) is 0 Å². The van der Waals surface area contributed by atoms with Crippen LogP contribution >= 0.6 is 0 Å². The molecular formula is C8H11N3O2. The van der Waals surface area contributed by atoms with Crippen LogP contribution < -0.4 is 5.32 Å². The number of hydrogen-bond donors (Lipinski definition) is 2. The van der Waals surface area contributed by atoms with Crippen LogP contribution in [0.15, 0.2) is 18.3 Å². The van der Waals surface area contributed by atoms with Gasteiger partial charge < -0.3 is 10.4 Å². The maximum Gasteiger partial charge on any atom is 0.304 e. The molecule has 0 fully saturated rings. The summed E-state index contributed by atoms with van der Waals surface area (Å²) in [5, 5.41) is 18.8. The Labute approximate surface area is 75.8 Å². The molecule has 0 aliphatic heterocycles. The zero-order valence-corrected chi connectivity index (χ0v) is 7.10. The van der Waals surface area contributed by atoms with E-state index in [1.54, 1.807) is 12.3 Å². The summed E-state index contributed by atoms with van der Waals surface area (Å²) in [6.07, 6.45) is 1.72. The van der Waals surface area contributed by atoms with E-state index in [0.717, 1.165) is 5.69 Å². The van der Waals surface area contributed by atoms with Gasteiger partial charge in [-0.05, 0) is 12.1 Å². The molecule has 5 heteroatoms. The van der Waals surface area contributed by atoms with Gasteiger partial charge in [0.25, 0.3) is 0 Å². The molecule has 0 aromatic carbocycles. The molecule has 0 aliphatic rings. The van der Waals surface area contributed by atoms with Crippen LogP contribution in [0.3, 0.4) is 0 Å². The maximum atomic E-state index is 10.1. The molecule has 0 radical (unpaired) electrons. The van der Waals surface area contributed by atoms with Crippen LogP contribution in [0.5, 0.6) is 0 Å². The first-order valence-corrected chi connectivity index (χ1v) is 3.98. The zero-order chi connectivity index (χ0) is 9.52. The zero-order valence-electron chi connectivity index (χ0n) is 7.10. The second-order valence-electron chi connectivity index (χ2n) is 2.54. The first-order chi connectivity index (χ1) is 6.29. The first kappa shape index (κ1) is 9.60. The fourth-order valence-corrected chi connectivity index (χ4v) is 0.839. The third-order valence-corrected chi connectivity index (χ3v) is 1.45. The summed E-state index contributed by atoms with van der Waals surface area (Å²) in [5.41, 5.74) is 0.813. The van der Waals surface area contributed by atoms with Gasteiger partial charge in [-0.15, -0.1) is 0 Å². The molecule has 0 bridgehead atoms. The maximum absolute atomic E-state index is 10.1. The molecule has 5 nitrogen and oxygen atoms in total. The summed E-state index contributed by atoms with van der Waals surface area (Å²) in [4.78, 5) is 10.1. The van der Waals surface area contributed by atoms with E-state index in [-0.39, 0.29) is 6.42 Å². The summed E-state index contributed by atoms with van der Waals surface area (Å²) in [7, 11) is 0. The minimum absolute atomic E-state index is 0.125. The average molecular weight is 181 g/mol. The van der Waals surface area contributed by atoms with Crippen molar-refractivity contribution >= 4 is 5.97 Å². The van der Waals surface area contributed by atoms with Crippen molar-refractivity contribution in [2.75, 3.05) is 6.54 Å². The van der Waals surface area contributed by atoms with Gasteiger partial charge in [-0.3, -0.25) is 4.79 Å². The molecule has 0 amide bonds. The van der Waals surface area contributed by atoms with Gasteiger partial charge in [0.1, 0.15) is 0 Å².